The largest absolute Gasteiger partial charge is 0.382 e. The maximum Gasteiger partial charge on any atom is 0.150 e. The molecular formula is C24H22N3OP. The molecular weight excluding hydrogens is 377 g/mol. The molecule has 29 heavy (non-hydrogen) atoms. The topological polar surface area (TPSA) is 68.9 Å². The van der Waals surface area contributed by atoms with E-state index >= 15 is 0 Å². The third kappa shape index (κ3) is 3.98. The first-order valence-electron chi connectivity index (χ1n) is 9.38. The van der Waals surface area contributed by atoms with Gasteiger partial charge in [-0.05, 0) is 13.3 Å². The van der Waals surface area contributed by atoms with Crippen LogP contribution in [-0.2, 0) is 4.57 Å². The third-order valence-corrected chi connectivity index (χ3v) is 6.32. The van der Waals surface area contributed by atoms with Gasteiger partial charge in [0.2, 0.25) is 0 Å². The molecule has 0 saturated heterocycles. The average Bonchev–Trinajstić information content (AvgIpc) is 2.74. The van der Waals surface area contributed by atoms with Crippen molar-refractivity contribution in [1.82, 2.24) is 9.97 Å². The van der Waals surface area contributed by atoms with Crippen LogP contribution in [0.4, 0.5) is 5.82 Å². The Balaban J connectivity index is 1.93. The summed E-state index contributed by atoms with van der Waals surface area (Å²) in [4.78, 5) is 9.65. The monoisotopic (exact) mass is 399 g/mol. The number of anilines is 1. The van der Waals surface area contributed by atoms with Crippen molar-refractivity contribution < 1.29 is 4.57 Å². The SMILES string of the molecule is CP(C)(=O)c1ccc(-c2nc(-c3ccccc3)c(N)nc2-c2ccccc2)cc1. The molecule has 0 saturated carbocycles. The molecule has 1 aromatic heterocycles. The molecule has 1 heterocycles. The van der Waals surface area contributed by atoms with Gasteiger partial charge >= 0.3 is 0 Å². The van der Waals surface area contributed by atoms with Crippen molar-refractivity contribution in [2.75, 3.05) is 19.1 Å². The number of nitrogens with two attached hydrogens (primary N) is 1. The Bertz CT molecular complexity index is 1180. The molecule has 2 N–H and O–H groups in total. The zero-order chi connectivity index (χ0) is 20.4. The molecule has 0 unspecified atom stereocenters. The van der Waals surface area contributed by atoms with Gasteiger partial charge in [0.25, 0.3) is 0 Å². The highest BCUT2D eigenvalue weighted by Gasteiger charge is 2.17. The zero-order valence-electron chi connectivity index (χ0n) is 16.4. The fraction of sp³-hybridized carbons (Fsp3) is 0.0833. The minimum absolute atomic E-state index is 0.391. The van der Waals surface area contributed by atoms with Crippen molar-refractivity contribution in [3.8, 4) is 33.8 Å². The number of nitrogens with zero attached hydrogens (tertiary/aromatic N) is 2. The third-order valence-electron chi connectivity index (χ3n) is 4.78. The van der Waals surface area contributed by atoms with Crippen LogP contribution in [0.1, 0.15) is 0 Å². The summed E-state index contributed by atoms with van der Waals surface area (Å²) in [6, 6.07) is 27.4. The highest BCUT2D eigenvalue weighted by atomic mass is 31.2. The predicted molar refractivity (Wildman–Crippen MR) is 122 cm³/mol. The van der Waals surface area contributed by atoms with E-state index in [4.69, 9.17) is 15.7 Å². The lowest BCUT2D eigenvalue weighted by Gasteiger charge is -2.14. The Morgan fingerprint density at radius 1 is 0.621 bits per heavy atom. The van der Waals surface area contributed by atoms with Crippen LogP contribution in [0.3, 0.4) is 0 Å². The second-order valence-electron chi connectivity index (χ2n) is 7.28. The van der Waals surface area contributed by atoms with Gasteiger partial charge in [0.05, 0.1) is 11.4 Å². The summed E-state index contributed by atoms with van der Waals surface area (Å²) in [5.74, 6) is 0.391. The lowest BCUT2D eigenvalue weighted by Crippen LogP contribution is -2.05. The molecule has 0 amide bonds. The van der Waals surface area contributed by atoms with Gasteiger partial charge < -0.3 is 10.3 Å². The van der Waals surface area contributed by atoms with Crippen molar-refractivity contribution in [1.29, 1.82) is 0 Å². The smallest absolute Gasteiger partial charge is 0.150 e. The van der Waals surface area contributed by atoms with Gasteiger partial charge in [-0.1, -0.05) is 84.9 Å². The molecule has 144 valence electrons. The maximum atomic E-state index is 12.4. The van der Waals surface area contributed by atoms with Gasteiger partial charge in [0, 0.05) is 22.0 Å². The summed E-state index contributed by atoms with van der Waals surface area (Å²) in [5, 5.41) is 0.842. The number of rotatable bonds is 4. The maximum absolute atomic E-state index is 12.4. The van der Waals surface area contributed by atoms with Crippen molar-refractivity contribution in [2.45, 2.75) is 0 Å². The van der Waals surface area contributed by atoms with E-state index in [1.54, 1.807) is 13.3 Å². The zero-order valence-corrected chi connectivity index (χ0v) is 17.3. The van der Waals surface area contributed by atoms with Gasteiger partial charge in [-0.15, -0.1) is 0 Å². The Hall–Kier alpha value is -3.23. The van der Waals surface area contributed by atoms with Gasteiger partial charge in [-0.2, -0.15) is 0 Å². The van der Waals surface area contributed by atoms with Crippen LogP contribution in [0, 0.1) is 0 Å². The average molecular weight is 399 g/mol. The molecule has 4 aromatic rings. The van der Waals surface area contributed by atoms with E-state index in [1.165, 1.54) is 0 Å². The van der Waals surface area contributed by atoms with Crippen LogP contribution in [0.25, 0.3) is 33.8 Å². The van der Waals surface area contributed by atoms with Crippen LogP contribution < -0.4 is 11.0 Å². The molecule has 0 bridgehead atoms. The summed E-state index contributed by atoms with van der Waals surface area (Å²) in [5.41, 5.74) is 11.2. The van der Waals surface area contributed by atoms with Crippen LogP contribution in [0.5, 0.6) is 0 Å². The molecule has 0 atom stereocenters. The van der Waals surface area contributed by atoms with E-state index in [2.05, 4.69) is 0 Å². The van der Waals surface area contributed by atoms with Crippen molar-refractivity contribution >= 4 is 18.3 Å². The second kappa shape index (κ2) is 7.65. The van der Waals surface area contributed by atoms with Crippen molar-refractivity contribution in [3.63, 3.8) is 0 Å². The highest BCUT2D eigenvalue weighted by molar-refractivity contribution is 7.70. The lowest BCUT2D eigenvalue weighted by atomic mass is 10.0. The van der Waals surface area contributed by atoms with E-state index in [0.717, 1.165) is 33.4 Å². The fourth-order valence-corrected chi connectivity index (χ4v) is 4.10. The quantitative estimate of drug-likeness (QED) is 0.472. The van der Waals surface area contributed by atoms with Gasteiger partial charge in [-0.25, -0.2) is 9.97 Å². The van der Waals surface area contributed by atoms with E-state index in [-0.39, 0.29) is 0 Å². The standard InChI is InChI=1S/C24H22N3OP/c1-29(2,28)20-15-13-19(14-16-20)21-22(17-9-5-3-6-10-17)27-24(25)23(26-21)18-11-7-4-8-12-18/h3-16H,1-2H3,(H2,25,27). The predicted octanol–water partition coefficient (Wildman–Crippen LogP) is 5.31. The molecule has 0 fully saturated rings. The molecule has 0 spiro atoms. The first-order chi connectivity index (χ1) is 13.9. The summed E-state index contributed by atoms with van der Waals surface area (Å²) in [6.07, 6.45) is 0. The van der Waals surface area contributed by atoms with E-state index in [1.807, 2.05) is 84.9 Å². The summed E-state index contributed by atoms with van der Waals surface area (Å²) in [6.45, 7) is 3.54. The summed E-state index contributed by atoms with van der Waals surface area (Å²) >= 11 is 0. The number of benzene rings is 3. The molecule has 4 nitrogen and oxygen atoms in total. The Kier molecular flexibility index (Phi) is 5.04. The van der Waals surface area contributed by atoms with Crippen LogP contribution in [0.2, 0.25) is 0 Å². The van der Waals surface area contributed by atoms with Gasteiger partial charge in [0.1, 0.15) is 12.8 Å². The number of aromatic nitrogens is 2. The molecule has 4 rings (SSSR count). The molecule has 0 aliphatic rings. The number of hydrogen-bond donors (Lipinski definition) is 1. The Morgan fingerprint density at radius 2 is 1.07 bits per heavy atom. The lowest BCUT2D eigenvalue weighted by molar-refractivity contribution is 0.588. The number of nitrogen functional groups attached to an aromatic ring is 1. The second-order valence-corrected chi connectivity index (χ2v) is 10.5. The Labute approximate surface area is 170 Å². The summed E-state index contributed by atoms with van der Waals surface area (Å²) in [7, 11) is -2.32. The Morgan fingerprint density at radius 3 is 1.59 bits per heavy atom. The first-order valence-corrected chi connectivity index (χ1v) is 12.0. The first kappa shape index (κ1) is 19.1. The van der Waals surface area contributed by atoms with Crippen LogP contribution in [-0.4, -0.2) is 23.3 Å². The van der Waals surface area contributed by atoms with Crippen molar-refractivity contribution in [3.05, 3.63) is 84.9 Å². The molecule has 3 aromatic carbocycles. The van der Waals surface area contributed by atoms with Gasteiger partial charge in [0.15, 0.2) is 5.82 Å². The fourth-order valence-electron chi connectivity index (χ4n) is 3.23. The van der Waals surface area contributed by atoms with E-state index < -0.39 is 7.14 Å². The van der Waals surface area contributed by atoms with E-state index in [0.29, 0.717) is 11.5 Å². The van der Waals surface area contributed by atoms with Crippen LogP contribution in [0.15, 0.2) is 84.9 Å². The minimum atomic E-state index is -2.32. The van der Waals surface area contributed by atoms with Crippen LogP contribution >= 0.6 is 7.14 Å². The molecule has 0 aliphatic carbocycles. The molecule has 5 heteroatoms. The number of hydrogen-bond acceptors (Lipinski definition) is 4. The molecule has 0 radical (unpaired) electrons. The highest BCUT2D eigenvalue weighted by Crippen LogP contribution is 2.37. The minimum Gasteiger partial charge on any atom is -0.382 e. The van der Waals surface area contributed by atoms with E-state index in [9.17, 15) is 4.57 Å². The normalized spacial score (nSPS) is 11.4. The molecule has 0 aliphatic heterocycles. The summed E-state index contributed by atoms with van der Waals surface area (Å²) < 4.78 is 12.4. The van der Waals surface area contributed by atoms with Crippen molar-refractivity contribution in [2.24, 2.45) is 0 Å². The van der Waals surface area contributed by atoms with Gasteiger partial charge in [-0.3, -0.25) is 0 Å².